The SMILES string of the molecule is Cc1ccc(C)c(Oc2ccc(CNC(=O)Cc3cn4ccsc4n3)cn2)c1. The highest BCUT2D eigenvalue weighted by Crippen LogP contribution is 2.24. The Hall–Kier alpha value is -3.19. The van der Waals surface area contributed by atoms with Gasteiger partial charge in [0.25, 0.3) is 0 Å². The third-order valence-corrected chi connectivity index (χ3v) is 5.10. The summed E-state index contributed by atoms with van der Waals surface area (Å²) >= 11 is 1.55. The second kappa shape index (κ2) is 7.82. The van der Waals surface area contributed by atoms with Gasteiger partial charge in [0.1, 0.15) is 5.75 Å². The Balaban J connectivity index is 1.32. The van der Waals surface area contributed by atoms with E-state index in [1.165, 1.54) is 0 Å². The zero-order chi connectivity index (χ0) is 19.5. The maximum atomic E-state index is 12.2. The third kappa shape index (κ3) is 4.20. The summed E-state index contributed by atoms with van der Waals surface area (Å²) in [7, 11) is 0. The molecule has 6 nitrogen and oxygen atoms in total. The van der Waals surface area contributed by atoms with E-state index in [0.717, 1.165) is 33.1 Å². The number of benzene rings is 1. The highest BCUT2D eigenvalue weighted by molar-refractivity contribution is 7.15. The number of carbonyl (C=O) groups excluding carboxylic acids is 1. The average molecular weight is 392 g/mol. The third-order valence-electron chi connectivity index (χ3n) is 4.33. The van der Waals surface area contributed by atoms with Gasteiger partial charge in [-0.1, -0.05) is 18.2 Å². The van der Waals surface area contributed by atoms with Gasteiger partial charge in [0.2, 0.25) is 11.8 Å². The molecule has 0 aliphatic heterocycles. The number of fused-ring (bicyclic) bond motifs is 1. The Kier molecular flexibility index (Phi) is 5.08. The minimum Gasteiger partial charge on any atom is -0.439 e. The van der Waals surface area contributed by atoms with E-state index in [1.54, 1.807) is 17.5 Å². The standard InChI is InChI=1S/C21H20N4O2S/c1-14-3-4-15(2)18(9-14)27-20-6-5-16(12-23-20)11-22-19(26)10-17-13-25-7-8-28-21(25)24-17/h3-9,12-13H,10-11H2,1-2H3,(H,22,26). The lowest BCUT2D eigenvalue weighted by molar-refractivity contribution is -0.120. The van der Waals surface area contributed by atoms with Gasteiger partial charge in [-0.25, -0.2) is 9.97 Å². The molecule has 3 aromatic heterocycles. The van der Waals surface area contributed by atoms with Crippen molar-refractivity contribution < 1.29 is 9.53 Å². The molecule has 1 aromatic carbocycles. The summed E-state index contributed by atoms with van der Waals surface area (Å²) < 4.78 is 7.79. The van der Waals surface area contributed by atoms with Gasteiger partial charge in [-0.2, -0.15) is 0 Å². The molecule has 7 heteroatoms. The van der Waals surface area contributed by atoms with Gasteiger partial charge in [-0.15, -0.1) is 11.3 Å². The number of hydrogen-bond donors (Lipinski definition) is 1. The van der Waals surface area contributed by atoms with Crippen LogP contribution in [0, 0.1) is 13.8 Å². The first-order chi connectivity index (χ1) is 13.6. The van der Waals surface area contributed by atoms with E-state index >= 15 is 0 Å². The van der Waals surface area contributed by atoms with Crippen molar-refractivity contribution in [3.8, 4) is 11.6 Å². The summed E-state index contributed by atoms with van der Waals surface area (Å²) in [5.41, 5.74) is 3.87. The number of aryl methyl sites for hydroxylation is 2. The first kappa shape index (κ1) is 18.2. The van der Waals surface area contributed by atoms with E-state index in [-0.39, 0.29) is 12.3 Å². The molecular formula is C21H20N4O2S. The maximum absolute atomic E-state index is 12.2. The number of nitrogens with zero attached hydrogens (tertiary/aromatic N) is 3. The molecule has 0 aliphatic rings. The van der Waals surface area contributed by atoms with E-state index in [4.69, 9.17) is 4.74 Å². The van der Waals surface area contributed by atoms with Gasteiger partial charge in [0.15, 0.2) is 4.96 Å². The Morgan fingerprint density at radius 3 is 2.93 bits per heavy atom. The summed E-state index contributed by atoms with van der Waals surface area (Å²) in [5.74, 6) is 1.26. The van der Waals surface area contributed by atoms with Crippen LogP contribution in [0.5, 0.6) is 11.6 Å². The molecule has 4 aromatic rings. The molecule has 0 saturated carbocycles. The second-order valence-electron chi connectivity index (χ2n) is 6.65. The number of amides is 1. The van der Waals surface area contributed by atoms with E-state index < -0.39 is 0 Å². The molecule has 1 N–H and O–H groups in total. The second-order valence-corrected chi connectivity index (χ2v) is 7.53. The van der Waals surface area contributed by atoms with Crippen LogP contribution in [0.2, 0.25) is 0 Å². The molecular weight excluding hydrogens is 372 g/mol. The van der Waals surface area contributed by atoms with Crippen molar-refractivity contribution in [3.63, 3.8) is 0 Å². The first-order valence-electron chi connectivity index (χ1n) is 8.94. The van der Waals surface area contributed by atoms with Crippen molar-refractivity contribution in [2.24, 2.45) is 0 Å². The number of hydrogen-bond acceptors (Lipinski definition) is 5. The van der Waals surface area contributed by atoms with Crippen molar-refractivity contribution in [2.75, 3.05) is 0 Å². The van der Waals surface area contributed by atoms with Gasteiger partial charge < -0.3 is 10.1 Å². The number of imidazole rings is 1. The molecule has 0 spiro atoms. The summed E-state index contributed by atoms with van der Waals surface area (Å²) in [6, 6.07) is 9.78. The lowest BCUT2D eigenvalue weighted by Crippen LogP contribution is -2.24. The van der Waals surface area contributed by atoms with Crippen molar-refractivity contribution >= 4 is 22.2 Å². The maximum Gasteiger partial charge on any atom is 0.226 e. The van der Waals surface area contributed by atoms with Crippen molar-refractivity contribution in [3.05, 3.63) is 76.7 Å². The van der Waals surface area contributed by atoms with E-state index in [0.29, 0.717) is 12.4 Å². The zero-order valence-corrected chi connectivity index (χ0v) is 16.5. The number of thiazole rings is 1. The normalized spacial score (nSPS) is 10.9. The lowest BCUT2D eigenvalue weighted by Gasteiger charge is -2.09. The predicted molar refractivity (Wildman–Crippen MR) is 109 cm³/mol. The van der Waals surface area contributed by atoms with Crippen LogP contribution in [-0.4, -0.2) is 20.3 Å². The lowest BCUT2D eigenvalue weighted by atomic mass is 10.1. The molecule has 0 aliphatic carbocycles. The Bertz CT molecular complexity index is 1090. The van der Waals surface area contributed by atoms with E-state index in [1.807, 2.05) is 66.4 Å². The largest absolute Gasteiger partial charge is 0.439 e. The zero-order valence-electron chi connectivity index (χ0n) is 15.7. The molecule has 0 bridgehead atoms. The number of rotatable bonds is 6. The van der Waals surface area contributed by atoms with E-state index in [9.17, 15) is 4.79 Å². The molecule has 0 radical (unpaired) electrons. The predicted octanol–water partition coefficient (Wildman–Crippen LogP) is 4.06. The van der Waals surface area contributed by atoms with Crippen LogP contribution < -0.4 is 10.1 Å². The Morgan fingerprint density at radius 2 is 2.14 bits per heavy atom. The summed E-state index contributed by atoms with van der Waals surface area (Å²) in [4.78, 5) is 21.8. The van der Waals surface area contributed by atoms with Gasteiger partial charge in [-0.05, 0) is 36.6 Å². The van der Waals surface area contributed by atoms with Gasteiger partial charge in [-0.3, -0.25) is 9.20 Å². The first-order valence-corrected chi connectivity index (χ1v) is 9.82. The number of pyridine rings is 1. The summed E-state index contributed by atoms with van der Waals surface area (Å²) in [6.07, 6.45) is 5.79. The Labute approximate surface area is 166 Å². The number of ether oxygens (including phenoxy) is 1. The number of aromatic nitrogens is 3. The summed E-state index contributed by atoms with van der Waals surface area (Å²) in [6.45, 7) is 4.44. The highest BCUT2D eigenvalue weighted by atomic mass is 32.1. The van der Waals surface area contributed by atoms with Crippen molar-refractivity contribution in [2.45, 2.75) is 26.8 Å². The molecule has 0 saturated heterocycles. The minimum atomic E-state index is -0.0681. The van der Waals surface area contributed by atoms with Crippen molar-refractivity contribution in [1.29, 1.82) is 0 Å². The molecule has 28 heavy (non-hydrogen) atoms. The molecule has 1 amide bonds. The fraction of sp³-hybridized carbons (Fsp3) is 0.190. The fourth-order valence-corrected chi connectivity index (χ4v) is 3.51. The monoisotopic (exact) mass is 392 g/mol. The number of nitrogens with one attached hydrogen (secondary N) is 1. The van der Waals surface area contributed by atoms with Gasteiger partial charge in [0.05, 0.1) is 12.1 Å². The van der Waals surface area contributed by atoms with Crippen LogP contribution >= 0.6 is 11.3 Å². The van der Waals surface area contributed by atoms with Crippen molar-refractivity contribution in [1.82, 2.24) is 19.7 Å². The van der Waals surface area contributed by atoms with Crippen LogP contribution in [0.15, 0.2) is 54.3 Å². The number of carbonyl (C=O) groups is 1. The highest BCUT2D eigenvalue weighted by Gasteiger charge is 2.09. The van der Waals surface area contributed by atoms with Crippen LogP contribution in [0.1, 0.15) is 22.4 Å². The minimum absolute atomic E-state index is 0.0681. The fourth-order valence-electron chi connectivity index (χ4n) is 2.79. The molecule has 0 fully saturated rings. The quantitative estimate of drug-likeness (QED) is 0.537. The topological polar surface area (TPSA) is 68.5 Å². The van der Waals surface area contributed by atoms with Gasteiger partial charge >= 0.3 is 0 Å². The van der Waals surface area contributed by atoms with Crippen LogP contribution in [0.3, 0.4) is 0 Å². The molecule has 0 atom stereocenters. The molecule has 142 valence electrons. The van der Waals surface area contributed by atoms with Crippen LogP contribution in [-0.2, 0) is 17.8 Å². The smallest absolute Gasteiger partial charge is 0.226 e. The van der Waals surface area contributed by atoms with Crippen LogP contribution in [0.4, 0.5) is 0 Å². The molecule has 4 rings (SSSR count). The van der Waals surface area contributed by atoms with E-state index in [2.05, 4.69) is 15.3 Å². The van der Waals surface area contributed by atoms with Gasteiger partial charge in [0, 0.05) is 36.6 Å². The average Bonchev–Trinajstić information content (AvgIpc) is 3.26. The molecule has 0 unspecified atom stereocenters. The Morgan fingerprint density at radius 1 is 1.25 bits per heavy atom. The van der Waals surface area contributed by atoms with Crippen LogP contribution in [0.25, 0.3) is 4.96 Å². The summed E-state index contributed by atoms with van der Waals surface area (Å²) in [5, 5.41) is 4.87. The molecule has 3 heterocycles.